The van der Waals surface area contributed by atoms with E-state index in [1.54, 1.807) is 28.6 Å². The van der Waals surface area contributed by atoms with Crippen LogP contribution in [0.15, 0.2) is 17.2 Å². The van der Waals surface area contributed by atoms with Crippen LogP contribution in [0, 0.1) is 11.8 Å². The molecule has 1 saturated heterocycles. The van der Waals surface area contributed by atoms with Gasteiger partial charge in [0.15, 0.2) is 0 Å². The molecule has 0 radical (unpaired) electrons. The molecule has 86 valence electrons. The van der Waals surface area contributed by atoms with Crippen molar-refractivity contribution in [3.05, 3.63) is 22.9 Å². The fraction of sp³-hybridized carbons (Fsp3) is 0.583. The van der Waals surface area contributed by atoms with Crippen LogP contribution in [0.4, 0.5) is 0 Å². The predicted octanol–water partition coefficient (Wildman–Crippen LogP) is 0.286. The largest absolute Gasteiger partial charge is 0.328 e. The molecular weight excluding hydrogens is 202 g/mol. The number of aromatic nitrogens is 2. The van der Waals surface area contributed by atoms with E-state index < -0.39 is 0 Å². The minimum absolute atomic E-state index is 0.00419. The highest BCUT2D eigenvalue weighted by atomic mass is 16.1. The van der Waals surface area contributed by atoms with Crippen LogP contribution < -0.4 is 5.69 Å². The Morgan fingerprint density at radius 3 is 2.50 bits per heavy atom. The molecule has 1 aromatic heterocycles. The third-order valence-corrected chi connectivity index (χ3v) is 2.89. The summed E-state index contributed by atoms with van der Waals surface area (Å²) in [5.74, 6) is 6.16. The fourth-order valence-corrected chi connectivity index (χ4v) is 1.88. The van der Waals surface area contributed by atoms with E-state index in [2.05, 4.69) is 16.7 Å². The summed E-state index contributed by atoms with van der Waals surface area (Å²) in [6.45, 7) is 3.66. The van der Waals surface area contributed by atoms with Crippen LogP contribution in [0.5, 0.6) is 0 Å². The van der Waals surface area contributed by atoms with E-state index in [1.807, 2.05) is 0 Å². The molecule has 1 aromatic rings. The zero-order valence-electron chi connectivity index (χ0n) is 9.65. The normalized spacial score (nSPS) is 16.1. The van der Waals surface area contributed by atoms with Crippen LogP contribution in [-0.4, -0.2) is 33.7 Å². The molecule has 4 heteroatoms. The molecule has 0 bridgehead atoms. The monoisotopic (exact) mass is 219 g/mol. The summed E-state index contributed by atoms with van der Waals surface area (Å²) in [6.07, 6.45) is 6.11. The second kappa shape index (κ2) is 5.04. The van der Waals surface area contributed by atoms with Crippen molar-refractivity contribution in [2.75, 3.05) is 19.6 Å². The van der Waals surface area contributed by atoms with Crippen LogP contribution in [0.3, 0.4) is 0 Å². The smallest absolute Gasteiger partial charge is 0.302 e. The molecule has 0 atom stereocenters. The first kappa shape index (κ1) is 11.0. The van der Waals surface area contributed by atoms with Gasteiger partial charge in [-0.25, -0.2) is 4.79 Å². The molecule has 0 saturated carbocycles. The standard InChI is InChI=1S/C12H17N3O/c1-13-10-11-15(12(13)16)9-5-4-8-14-6-2-3-7-14/h10-11H,2-3,6-9H2,1H3. The molecule has 0 N–H and O–H groups in total. The molecule has 2 rings (SSSR count). The predicted molar refractivity (Wildman–Crippen MR) is 63.1 cm³/mol. The maximum Gasteiger partial charge on any atom is 0.328 e. The molecule has 0 aromatic carbocycles. The van der Waals surface area contributed by atoms with E-state index in [4.69, 9.17) is 0 Å². The number of aryl methyl sites for hydroxylation is 1. The zero-order chi connectivity index (χ0) is 11.4. The Bertz CT molecular complexity index is 455. The lowest BCUT2D eigenvalue weighted by Gasteiger charge is -2.08. The molecule has 4 nitrogen and oxygen atoms in total. The SMILES string of the molecule is Cn1ccn(CC#CCN2CCCC2)c1=O. The number of hydrogen-bond donors (Lipinski definition) is 0. The number of imidazole rings is 1. The van der Waals surface area contributed by atoms with E-state index in [1.165, 1.54) is 25.9 Å². The number of likely N-dealkylation sites (tertiary alicyclic amines) is 1. The van der Waals surface area contributed by atoms with Crippen molar-refractivity contribution in [1.82, 2.24) is 14.0 Å². The molecule has 0 amide bonds. The number of rotatable bonds is 2. The van der Waals surface area contributed by atoms with E-state index in [0.29, 0.717) is 6.54 Å². The van der Waals surface area contributed by atoms with E-state index in [-0.39, 0.29) is 5.69 Å². The van der Waals surface area contributed by atoms with Crippen LogP contribution in [0.25, 0.3) is 0 Å². The second-order valence-corrected chi connectivity index (χ2v) is 4.16. The Morgan fingerprint density at radius 1 is 1.19 bits per heavy atom. The van der Waals surface area contributed by atoms with Crippen molar-refractivity contribution in [2.24, 2.45) is 7.05 Å². The third-order valence-electron chi connectivity index (χ3n) is 2.89. The Kier molecular flexibility index (Phi) is 3.47. The highest BCUT2D eigenvalue weighted by molar-refractivity contribution is 5.02. The lowest BCUT2D eigenvalue weighted by Crippen LogP contribution is -2.22. The summed E-state index contributed by atoms with van der Waals surface area (Å²) in [7, 11) is 1.75. The van der Waals surface area contributed by atoms with Crippen LogP contribution in [0.1, 0.15) is 12.8 Å². The highest BCUT2D eigenvalue weighted by Gasteiger charge is 2.08. The molecule has 16 heavy (non-hydrogen) atoms. The Balaban J connectivity index is 1.85. The van der Waals surface area contributed by atoms with Gasteiger partial charge in [-0.3, -0.25) is 9.47 Å². The van der Waals surface area contributed by atoms with Gasteiger partial charge in [0.25, 0.3) is 0 Å². The maximum atomic E-state index is 11.5. The van der Waals surface area contributed by atoms with Gasteiger partial charge in [-0.1, -0.05) is 11.8 Å². The van der Waals surface area contributed by atoms with Gasteiger partial charge in [0, 0.05) is 19.4 Å². The van der Waals surface area contributed by atoms with Crippen LogP contribution in [0.2, 0.25) is 0 Å². The summed E-state index contributed by atoms with van der Waals surface area (Å²) >= 11 is 0. The van der Waals surface area contributed by atoms with Crippen molar-refractivity contribution in [3.63, 3.8) is 0 Å². The second-order valence-electron chi connectivity index (χ2n) is 4.16. The van der Waals surface area contributed by atoms with E-state index in [0.717, 1.165) is 6.54 Å². The summed E-state index contributed by atoms with van der Waals surface area (Å²) in [5, 5.41) is 0. The minimum atomic E-state index is -0.00419. The van der Waals surface area contributed by atoms with Crippen molar-refractivity contribution in [2.45, 2.75) is 19.4 Å². The van der Waals surface area contributed by atoms with E-state index >= 15 is 0 Å². The first-order valence-electron chi connectivity index (χ1n) is 5.67. The quantitative estimate of drug-likeness (QED) is 0.669. The lowest BCUT2D eigenvalue weighted by molar-refractivity contribution is 0.383. The van der Waals surface area contributed by atoms with Gasteiger partial charge in [0.2, 0.25) is 0 Å². The summed E-state index contributed by atoms with van der Waals surface area (Å²) in [5.41, 5.74) is -0.00419. The van der Waals surface area contributed by atoms with Crippen molar-refractivity contribution >= 4 is 0 Å². The average molecular weight is 219 g/mol. The van der Waals surface area contributed by atoms with E-state index in [9.17, 15) is 4.79 Å². The molecule has 0 aliphatic carbocycles. The van der Waals surface area contributed by atoms with Crippen LogP contribution in [-0.2, 0) is 13.6 Å². The maximum absolute atomic E-state index is 11.5. The van der Waals surface area contributed by atoms with Gasteiger partial charge in [-0.2, -0.15) is 0 Å². The Labute approximate surface area is 95.5 Å². The molecule has 2 heterocycles. The molecule has 1 aliphatic rings. The van der Waals surface area contributed by atoms with Gasteiger partial charge in [0.05, 0.1) is 13.1 Å². The van der Waals surface area contributed by atoms with Crippen molar-refractivity contribution in [1.29, 1.82) is 0 Å². The average Bonchev–Trinajstić information content (AvgIpc) is 2.88. The van der Waals surface area contributed by atoms with Gasteiger partial charge in [-0.15, -0.1) is 0 Å². The molecular formula is C12H17N3O. The van der Waals surface area contributed by atoms with Gasteiger partial charge in [0.1, 0.15) is 0 Å². The lowest BCUT2D eigenvalue weighted by atomic mass is 10.4. The molecule has 0 spiro atoms. The number of nitrogens with zero attached hydrogens (tertiary/aromatic N) is 3. The number of hydrogen-bond acceptors (Lipinski definition) is 2. The molecule has 0 unspecified atom stereocenters. The third kappa shape index (κ3) is 2.56. The van der Waals surface area contributed by atoms with Gasteiger partial charge >= 0.3 is 5.69 Å². The van der Waals surface area contributed by atoms with Gasteiger partial charge < -0.3 is 4.57 Å². The highest BCUT2D eigenvalue weighted by Crippen LogP contribution is 2.05. The zero-order valence-corrected chi connectivity index (χ0v) is 9.65. The summed E-state index contributed by atoms with van der Waals surface area (Å²) < 4.78 is 3.18. The Hall–Kier alpha value is -1.47. The molecule has 1 aliphatic heterocycles. The first-order valence-corrected chi connectivity index (χ1v) is 5.67. The Morgan fingerprint density at radius 2 is 1.88 bits per heavy atom. The summed E-state index contributed by atoms with van der Waals surface area (Å²) in [6, 6.07) is 0. The fourth-order valence-electron chi connectivity index (χ4n) is 1.88. The first-order chi connectivity index (χ1) is 7.77. The van der Waals surface area contributed by atoms with Gasteiger partial charge in [-0.05, 0) is 25.9 Å². The molecule has 1 fully saturated rings. The minimum Gasteiger partial charge on any atom is -0.302 e. The van der Waals surface area contributed by atoms with Crippen molar-refractivity contribution in [3.8, 4) is 11.8 Å². The van der Waals surface area contributed by atoms with Crippen LogP contribution >= 0.6 is 0 Å². The summed E-state index contributed by atoms with van der Waals surface area (Å²) in [4.78, 5) is 13.8. The van der Waals surface area contributed by atoms with Crippen molar-refractivity contribution < 1.29 is 0 Å². The topological polar surface area (TPSA) is 30.2 Å².